The van der Waals surface area contributed by atoms with Crippen molar-refractivity contribution in [3.8, 4) is 0 Å². The number of nitrogens with zero attached hydrogens (tertiary/aromatic N) is 1. The Bertz CT molecular complexity index is 1040. The fourth-order valence-corrected chi connectivity index (χ4v) is 3.75. The highest BCUT2D eigenvalue weighted by Gasteiger charge is 2.23. The van der Waals surface area contributed by atoms with E-state index in [0.29, 0.717) is 24.2 Å². The summed E-state index contributed by atoms with van der Waals surface area (Å²) < 4.78 is 0. The molecule has 4 rings (SSSR count). The number of fused-ring (bicyclic) bond motifs is 1. The zero-order valence-electron chi connectivity index (χ0n) is 16.5. The first-order chi connectivity index (χ1) is 14.1. The van der Waals surface area contributed by atoms with Gasteiger partial charge in [0.25, 0.3) is 11.8 Å². The van der Waals surface area contributed by atoms with Crippen LogP contribution in [0.25, 0.3) is 0 Å². The molecule has 0 radical (unpaired) electrons. The highest BCUT2D eigenvalue weighted by Crippen LogP contribution is 2.28. The van der Waals surface area contributed by atoms with Gasteiger partial charge in [0, 0.05) is 29.9 Å². The minimum Gasteiger partial charge on any atom is -0.348 e. The molecule has 1 aliphatic heterocycles. The minimum atomic E-state index is -0.143. The number of hydrogen-bond acceptors (Lipinski definition) is 2. The van der Waals surface area contributed by atoms with Crippen LogP contribution in [-0.2, 0) is 13.0 Å². The highest BCUT2D eigenvalue weighted by molar-refractivity contribution is 6.07. The molecule has 0 saturated heterocycles. The third-order valence-electron chi connectivity index (χ3n) is 5.45. The zero-order chi connectivity index (χ0) is 20.2. The maximum atomic E-state index is 13.0. The number of carbonyl (C=O) groups excluding carboxylic acids is 2. The van der Waals surface area contributed by atoms with Crippen LogP contribution in [0.3, 0.4) is 0 Å². The summed E-state index contributed by atoms with van der Waals surface area (Å²) in [6, 6.07) is 23.0. The highest BCUT2D eigenvalue weighted by atomic mass is 16.2. The molecule has 2 amide bonds. The first-order valence-electron chi connectivity index (χ1n) is 9.96. The number of nitrogens with one attached hydrogen (secondary N) is 1. The van der Waals surface area contributed by atoms with Crippen molar-refractivity contribution in [2.24, 2.45) is 0 Å². The van der Waals surface area contributed by atoms with Crippen LogP contribution in [0.1, 0.15) is 43.8 Å². The lowest BCUT2D eigenvalue weighted by molar-refractivity contribution is 0.0947. The average Bonchev–Trinajstić information content (AvgIpc) is 2.77. The summed E-state index contributed by atoms with van der Waals surface area (Å²) in [5.41, 5.74) is 5.58. The lowest BCUT2D eigenvalue weighted by atomic mass is 10.0. The standard InChI is InChI=1S/C25H24N2O2/c1-18-7-2-3-9-22(18)17-26-24(28)20-12-14-21(15-13-20)25(29)27-16-6-10-19-8-4-5-11-23(19)27/h2-5,7-9,11-15H,6,10,16-17H2,1H3,(H,26,28). The Morgan fingerprint density at radius 1 is 0.897 bits per heavy atom. The van der Waals surface area contributed by atoms with Crippen LogP contribution in [0, 0.1) is 6.92 Å². The second-order valence-electron chi connectivity index (χ2n) is 7.38. The lowest BCUT2D eigenvalue weighted by Gasteiger charge is -2.29. The number of rotatable bonds is 4. The number of para-hydroxylation sites is 1. The van der Waals surface area contributed by atoms with Crippen LogP contribution >= 0.6 is 0 Å². The van der Waals surface area contributed by atoms with Gasteiger partial charge >= 0.3 is 0 Å². The van der Waals surface area contributed by atoms with Crippen molar-refractivity contribution in [3.05, 3.63) is 101 Å². The van der Waals surface area contributed by atoms with E-state index in [1.165, 1.54) is 5.56 Å². The average molecular weight is 384 g/mol. The summed E-state index contributed by atoms with van der Waals surface area (Å²) >= 11 is 0. The monoisotopic (exact) mass is 384 g/mol. The fourth-order valence-electron chi connectivity index (χ4n) is 3.75. The van der Waals surface area contributed by atoms with E-state index in [9.17, 15) is 9.59 Å². The first-order valence-corrected chi connectivity index (χ1v) is 9.96. The summed E-state index contributed by atoms with van der Waals surface area (Å²) in [5.74, 6) is -0.167. The topological polar surface area (TPSA) is 49.4 Å². The van der Waals surface area contributed by atoms with E-state index < -0.39 is 0 Å². The molecular weight excluding hydrogens is 360 g/mol. The van der Waals surface area contributed by atoms with E-state index in [4.69, 9.17) is 0 Å². The maximum absolute atomic E-state index is 13.0. The molecule has 1 aliphatic rings. The summed E-state index contributed by atoms with van der Waals surface area (Å²) in [7, 11) is 0. The predicted octanol–water partition coefficient (Wildman–Crippen LogP) is 4.52. The zero-order valence-corrected chi connectivity index (χ0v) is 16.5. The Hall–Kier alpha value is -3.40. The third-order valence-corrected chi connectivity index (χ3v) is 5.45. The second-order valence-corrected chi connectivity index (χ2v) is 7.38. The molecule has 0 spiro atoms. The molecule has 4 nitrogen and oxygen atoms in total. The van der Waals surface area contributed by atoms with Crippen molar-refractivity contribution in [3.63, 3.8) is 0 Å². The van der Waals surface area contributed by atoms with Crippen molar-refractivity contribution in [2.45, 2.75) is 26.3 Å². The second kappa shape index (κ2) is 8.31. The SMILES string of the molecule is Cc1ccccc1CNC(=O)c1ccc(C(=O)N2CCCc3ccccc32)cc1. The number of carbonyl (C=O) groups is 2. The van der Waals surface area contributed by atoms with Gasteiger partial charge in [0.15, 0.2) is 0 Å². The van der Waals surface area contributed by atoms with Crippen LogP contribution in [-0.4, -0.2) is 18.4 Å². The number of aryl methyl sites for hydroxylation is 2. The molecule has 1 heterocycles. The number of benzene rings is 3. The molecule has 29 heavy (non-hydrogen) atoms. The summed E-state index contributed by atoms with van der Waals surface area (Å²) in [6.45, 7) is 3.23. The van der Waals surface area contributed by atoms with Crippen molar-refractivity contribution in [1.82, 2.24) is 5.32 Å². The Morgan fingerprint density at radius 3 is 2.38 bits per heavy atom. The molecular formula is C25H24N2O2. The molecule has 3 aromatic rings. The summed E-state index contributed by atoms with van der Waals surface area (Å²) in [4.78, 5) is 27.3. The van der Waals surface area contributed by atoms with Gasteiger partial charge in [-0.05, 0) is 66.8 Å². The number of amides is 2. The van der Waals surface area contributed by atoms with Gasteiger partial charge in [0.05, 0.1) is 0 Å². The van der Waals surface area contributed by atoms with Gasteiger partial charge in [-0.25, -0.2) is 0 Å². The number of hydrogen-bond donors (Lipinski definition) is 1. The molecule has 146 valence electrons. The normalized spacial score (nSPS) is 12.9. The molecule has 0 aromatic heterocycles. The van der Waals surface area contributed by atoms with E-state index in [1.807, 2.05) is 54.3 Å². The molecule has 0 unspecified atom stereocenters. The van der Waals surface area contributed by atoms with Gasteiger partial charge in [-0.15, -0.1) is 0 Å². The largest absolute Gasteiger partial charge is 0.348 e. The summed E-state index contributed by atoms with van der Waals surface area (Å²) in [6.07, 6.45) is 1.96. The van der Waals surface area contributed by atoms with E-state index in [-0.39, 0.29) is 11.8 Å². The quantitative estimate of drug-likeness (QED) is 0.719. The Labute approximate surface area is 171 Å². The first kappa shape index (κ1) is 18.9. The smallest absolute Gasteiger partial charge is 0.258 e. The van der Waals surface area contributed by atoms with Gasteiger partial charge < -0.3 is 10.2 Å². The Morgan fingerprint density at radius 2 is 1.59 bits per heavy atom. The van der Waals surface area contributed by atoms with Crippen molar-refractivity contribution >= 4 is 17.5 Å². The van der Waals surface area contributed by atoms with Crippen LogP contribution in [0.4, 0.5) is 5.69 Å². The Kier molecular flexibility index (Phi) is 5.43. The van der Waals surface area contributed by atoms with Crippen molar-refractivity contribution < 1.29 is 9.59 Å². The van der Waals surface area contributed by atoms with Crippen molar-refractivity contribution in [1.29, 1.82) is 0 Å². The molecule has 0 atom stereocenters. The van der Waals surface area contributed by atoms with E-state index in [0.717, 1.165) is 29.7 Å². The number of anilines is 1. The maximum Gasteiger partial charge on any atom is 0.258 e. The third kappa shape index (κ3) is 4.06. The molecule has 0 saturated carbocycles. The van der Waals surface area contributed by atoms with Crippen LogP contribution < -0.4 is 10.2 Å². The van der Waals surface area contributed by atoms with Crippen LogP contribution in [0.5, 0.6) is 0 Å². The van der Waals surface area contributed by atoms with E-state index in [1.54, 1.807) is 24.3 Å². The lowest BCUT2D eigenvalue weighted by Crippen LogP contribution is -2.35. The van der Waals surface area contributed by atoms with Crippen LogP contribution in [0.15, 0.2) is 72.8 Å². The van der Waals surface area contributed by atoms with Gasteiger partial charge in [-0.3, -0.25) is 9.59 Å². The minimum absolute atomic E-state index is 0.0241. The molecule has 0 bridgehead atoms. The van der Waals surface area contributed by atoms with Gasteiger partial charge in [0.1, 0.15) is 0 Å². The van der Waals surface area contributed by atoms with E-state index in [2.05, 4.69) is 11.4 Å². The van der Waals surface area contributed by atoms with Gasteiger partial charge in [0.2, 0.25) is 0 Å². The Balaban J connectivity index is 1.45. The van der Waals surface area contributed by atoms with E-state index >= 15 is 0 Å². The molecule has 3 aromatic carbocycles. The molecule has 0 aliphatic carbocycles. The van der Waals surface area contributed by atoms with Crippen LogP contribution in [0.2, 0.25) is 0 Å². The van der Waals surface area contributed by atoms with Gasteiger partial charge in [-0.2, -0.15) is 0 Å². The summed E-state index contributed by atoms with van der Waals surface area (Å²) in [5, 5.41) is 2.95. The van der Waals surface area contributed by atoms with Crippen molar-refractivity contribution in [2.75, 3.05) is 11.4 Å². The molecule has 1 N–H and O–H groups in total. The fraction of sp³-hybridized carbons (Fsp3) is 0.200. The predicted molar refractivity (Wildman–Crippen MR) is 115 cm³/mol. The molecule has 4 heteroatoms. The molecule has 0 fully saturated rings. The van der Waals surface area contributed by atoms with Gasteiger partial charge in [-0.1, -0.05) is 42.5 Å².